The molecule has 0 radical (unpaired) electrons. The van der Waals surface area contributed by atoms with Gasteiger partial charge in [0.2, 0.25) is 0 Å². The Morgan fingerprint density at radius 1 is 1.18 bits per heavy atom. The number of carboxylic acids is 1. The van der Waals surface area contributed by atoms with Crippen LogP contribution in [0.5, 0.6) is 0 Å². The van der Waals surface area contributed by atoms with Crippen LogP contribution in [0.3, 0.4) is 0 Å². The average Bonchev–Trinajstić information content (AvgIpc) is 2.29. The molecule has 0 unspecified atom stereocenters. The summed E-state index contributed by atoms with van der Waals surface area (Å²) in [5, 5.41) is 13.0. The minimum atomic E-state index is -1.10. The average molecular weight is 240 g/mol. The highest BCUT2D eigenvalue weighted by atomic mass is 19.1. The Labute approximate surface area is 97.6 Å². The van der Waals surface area contributed by atoms with E-state index in [-0.39, 0.29) is 5.82 Å². The highest BCUT2D eigenvalue weighted by Gasteiger charge is 2.02. The summed E-state index contributed by atoms with van der Waals surface area (Å²) in [7, 11) is 0. The lowest BCUT2D eigenvalue weighted by Crippen LogP contribution is -2.39. The molecule has 0 atom stereocenters. The van der Waals surface area contributed by atoms with Crippen LogP contribution in [0.1, 0.15) is 5.56 Å². The predicted molar refractivity (Wildman–Crippen MR) is 59.1 cm³/mol. The molecule has 1 aromatic rings. The van der Waals surface area contributed by atoms with E-state index in [1.54, 1.807) is 12.1 Å². The second kappa shape index (κ2) is 6.47. The van der Waals surface area contributed by atoms with E-state index in [0.29, 0.717) is 13.0 Å². The molecule has 1 aromatic carbocycles. The SMILES string of the molecule is O=C(O)CNC(=O)NCCc1ccc(F)cc1. The van der Waals surface area contributed by atoms with Gasteiger partial charge in [0.05, 0.1) is 0 Å². The van der Waals surface area contributed by atoms with Crippen molar-refractivity contribution >= 4 is 12.0 Å². The monoisotopic (exact) mass is 240 g/mol. The van der Waals surface area contributed by atoms with Crippen LogP contribution in [0, 0.1) is 5.82 Å². The molecule has 92 valence electrons. The standard InChI is InChI=1S/C11H13FN2O3/c12-9-3-1-8(2-4-9)5-6-13-11(17)14-7-10(15)16/h1-4H,5-7H2,(H,15,16)(H2,13,14,17). The van der Waals surface area contributed by atoms with Crippen LogP contribution in [0.15, 0.2) is 24.3 Å². The van der Waals surface area contributed by atoms with Gasteiger partial charge < -0.3 is 15.7 Å². The van der Waals surface area contributed by atoms with Crippen LogP contribution < -0.4 is 10.6 Å². The van der Waals surface area contributed by atoms with Gasteiger partial charge in [0.15, 0.2) is 0 Å². The van der Waals surface area contributed by atoms with E-state index in [1.165, 1.54) is 12.1 Å². The molecule has 0 aliphatic carbocycles. The molecular formula is C11H13FN2O3. The Morgan fingerprint density at radius 3 is 2.41 bits per heavy atom. The second-order valence-electron chi connectivity index (χ2n) is 3.38. The summed E-state index contributed by atoms with van der Waals surface area (Å²) < 4.78 is 12.6. The van der Waals surface area contributed by atoms with Gasteiger partial charge in [-0.25, -0.2) is 9.18 Å². The van der Waals surface area contributed by atoms with E-state index < -0.39 is 18.5 Å². The van der Waals surface area contributed by atoms with Crippen molar-refractivity contribution in [3.63, 3.8) is 0 Å². The minimum absolute atomic E-state index is 0.305. The third kappa shape index (κ3) is 5.50. The number of carbonyl (C=O) groups excluding carboxylic acids is 1. The van der Waals surface area contributed by atoms with Gasteiger partial charge in [-0.15, -0.1) is 0 Å². The van der Waals surface area contributed by atoms with E-state index in [2.05, 4.69) is 10.6 Å². The molecule has 3 N–H and O–H groups in total. The number of halogens is 1. The number of amides is 2. The van der Waals surface area contributed by atoms with Crippen molar-refractivity contribution in [3.05, 3.63) is 35.6 Å². The van der Waals surface area contributed by atoms with Gasteiger partial charge in [-0.05, 0) is 24.1 Å². The molecule has 1 rings (SSSR count). The number of urea groups is 1. The molecule has 5 nitrogen and oxygen atoms in total. The van der Waals surface area contributed by atoms with Crippen molar-refractivity contribution in [2.24, 2.45) is 0 Å². The molecule has 17 heavy (non-hydrogen) atoms. The maximum absolute atomic E-state index is 12.6. The Hall–Kier alpha value is -2.11. The third-order valence-corrected chi connectivity index (χ3v) is 2.01. The topological polar surface area (TPSA) is 78.4 Å². The van der Waals surface area contributed by atoms with Crippen molar-refractivity contribution in [3.8, 4) is 0 Å². The fourth-order valence-electron chi connectivity index (χ4n) is 1.19. The molecule has 0 aromatic heterocycles. The quantitative estimate of drug-likeness (QED) is 0.710. The Balaban J connectivity index is 2.21. The summed E-state index contributed by atoms with van der Waals surface area (Å²) in [6.45, 7) is -0.0561. The zero-order valence-electron chi connectivity index (χ0n) is 9.07. The van der Waals surface area contributed by atoms with Gasteiger partial charge in [-0.1, -0.05) is 12.1 Å². The third-order valence-electron chi connectivity index (χ3n) is 2.01. The van der Waals surface area contributed by atoms with Gasteiger partial charge in [0.1, 0.15) is 12.4 Å². The maximum atomic E-state index is 12.6. The van der Waals surface area contributed by atoms with Gasteiger partial charge in [-0.2, -0.15) is 0 Å². The van der Waals surface area contributed by atoms with Gasteiger partial charge in [0.25, 0.3) is 0 Å². The number of carboxylic acid groups (broad SMARTS) is 1. The summed E-state index contributed by atoms with van der Waals surface area (Å²) in [5.74, 6) is -1.40. The van der Waals surface area contributed by atoms with Gasteiger partial charge in [0, 0.05) is 6.54 Å². The number of rotatable bonds is 5. The van der Waals surface area contributed by atoms with Crippen molar-refractivity contribution in [1.82, 2.24) is 10.6 Å². The first-order valence-corrected chi connectivity index (χ1v) is 5.06. The Kier molecular flexibility index (Phi) is 4.93. The molecule has 6 heteroatoms. The Bertz CT molecular complexity index is 392. The van der Waals surface area contributed by atoms with Gasteiger partial charge >= 0.3 is 12.0 Å². The first-order chi connectivity index (χ1) is 8.08. The molecule has 0 aliphatic rings. The summed E-state index contributed by atoms with van der Waals surface area (Å²) in [6, 6.07) is 5.42. The van der Waals surface area contributed by atoms with Crippen LogP contribution in [0.4, 0.5) is 9.18 Å². The summed E-state index contributed by atoms with van der Waals surface area (Å²) in [4.78, 5) is 21.2. The highest BCUT2D eigenvalue weighted by molar-refractivity contribution is 5.79. The molecule has 0 bridgehead atoms. The first-order valence-electron chi connectivity index (χ1n) is 5.06. The zero-order chi connectivity index (χ0) is 12.7. The highest BCUT2D eigenvalue weighted by Crippen LogP contribution is 2.02. The molecule has 0 heterocycles. The lowest BCUT2D eigenvalue weighted by Gasteiger charge is -2.05. The van der Waals surface area contributed by atoms with Crippen molar-refractivity contribution in [2.75, 3.05) is 13.1 Å². The Morgan fingerprint density at radius 2 is 1.82 bits per heavy atom. The largest absolute Gasteiger partial charge is 0.480 e. The van der Waals surface area contributed by atoms with E-state index in [4.69, 9.17) is 5.11 Å². The van der Waals surface area contributed by atoms with Crippen molar-refractivity contribution < 1.29 is 19.1 Å². The number of carbonyl (C=O) groups is 2. The van der Waals surface area contributed by atoms with E-state index in [9.17, 15) is 14.0 Å². The van der Waals surface area contributed by atoms with E-state index >= 15 is 0 Å². The van der Waals surface area contributed by atoms with Crippen molar-refractivity contribution in [2.45, 2.75) is 6.42 Å². The lowest BCUT2D eigenvalue weighted by atomic mass is 10.1. The molecule has 0 saturated heterocycles. The number of hydrogen-bond donors (Lipinski definition) is 3. The second-order valence-corrected chi connectivity index (χ2v) is 3.38. The molecule has 0 fully saturated rings. The molecule has 0 spiro atoms. The number of aliphatic carboxylic acids is 1. The normalized spacial score (nSPS) is 9.71. The minimum Gasteiger partial charge on any atom is -0.480 e. The number of benzene rings is 1. The number of hydrogen-bond acceptors (Lipinski definition) is 2. The van der Waals surface area contributed by atoms with Crippen molar-refractivity contribution in [1.29, 1.82) is 0 Å². The predicted octanol–water partition coefficient (Wildman–Crippen LogP) is 0.752. The summed E-state index contributed by atoms with van der Waals surface area (Å²) in [5.41, 5.74) is 0.893. The van der Waals surface area contributed by atoms with Crippen LogP contribution in [-0.2, 0) is 11.2 Å². The number of nitrogens with one attached hydrogen (secondary N) is 2. The van der Waals surface area contributed by atoms with E-state index in [0.717, 1.165) is 5.56 Å². The summed E-state index contributed by atoms with van der Waals surface area (Å²) in [6.07, 6.45) is 0.556. The van der Waals surface area contributed by atoms with Crippen LogP contribution in [-0.4, -0.2) is 30.2 Å². The lowest BCUT2D eigenvalue weighted by molar-refractivity contribution is -0.135. The summed E-state index contributed by atoms with van der Waals surface area (Å²) >= 11 is 0. The molecule has 0 aliphatic heterocycles. The molecule has 0 saturated carbocycles. The van der Waals surface area contributed by atoms with Crippen LogP contribution in [0.2, 0.25) is 0 Å². The first kappa shape index (κ1) is 13.0. The fourth-order valence-corrected chi connectivity index (χ4v) is 1.19. The molecular weight excluding hydrogens is 227 g/mol. The molecule has 2 amide bonds. The van der Waals surface area contributed by atoms with E-state index in [1.807, 2.05) is 0 Å². The maximum Gasteiger partial charge on any atom is 0.323 e. The van der Waals surface area contributed by atoms with Crippen LogP contribution in [0.25, 0.3) is 0 Å². The smallest absolute Gasteiger partial charge is 0.323 e. The van der Waals surface area contributed by atoms with Crippen LogP contribution >= 0.6 is 0 Å². The zero-order valence-corrected chi connectivity index (χ0v) is 9.07. The fraction of sp³-hybridized carbons (Fsp3) is 0.273. The van der Waals surface area contributed by atoms with Gasteiger partial charge in [-0.3, -0.25) is 4.79 Å².